The normalized spacial score (nSPS) is 19.6. The van der Waals surface area contributed by atoms with Crippen molar-refractivity contribution < 1.29 is 8.42 Å². The lowest BCUT2D eigenvalue weighted by atomic mass is 10.3. The maximum absolute atomic E-state index is 12.2. The van der Waals surface area contributed by atoms with Crippen LogP contribution in [0.25, 0.3) is 0 Å². The molecular formula is C10H13ClN2O2S. The van der Waals surface area contributed by atoms with Crippen LogP contribution in [0, 0.1) is 0 Å². The summed E-state index contributed by atoms with van der Waals surface area (Å²) in [5, 5.41) is 3.53. The largest absolute Gasteiger partial charge is 0.383 e. The number of sulfonamides is 1. The number of likely N-dealkylation sites (N-methyl/N-ethyl adjacent to an activating group) is 1. The van der Waals surface area contributed by atoms with E-state index in [1.54, 1.807) is 12.1 Å². The van der Waals surface area contributed by atoms with Gasteiger partial charge >= 0.3 is 0 Å². The third kappa shape index (κ3) is 1.90. The van der Waals surface area contributed by atoms with Gasteiger partial charge in [-0.3, -0.25) is 0 Å². The van der Waals surface area contributed by atoms with Crippen molar-refractivity contribution in [2.75, 3.05) is 25.0 Å². The molecule has 0 unspecified atom stereocenters. The molecule has 1 N–H and O–H groups in total. The van der Waals surface area contributed by atoms with E-state index in [1.807, 2.05) is 6.92 Å². The monoisotopic (exact) mass is 260 g/mol. The molecule has 0 saturated heterocycles. The van der Waals surface area contributed by atoms with E-state index in [0.717, 1.165) is 0 Å². The summed E-state index contributed by atoms with van der Waals surface area (Å²) in [6.45, 7) is 3.38. The summed E-state index contributed by atoms with van der Waals surface area (Å²) in [4.78, 5) is 0.263. The van der Waals surface area contributed by atoms with E-state index in [9.17, 15) is 8.42 Å². The van der Waals surface area contributed by atoms with Gasteiger partial charge in [0.1, 0.15) is 4.90 Å². The van der Waals surface area contributed by atoms with Gasteiger partial charge in [0.15, 0.2) is 0 Å². The molecule has 0 amide bonds. The van der Waals surface area contributed by atoms with Crippen LogP contribution in [0.5, 0.6) is 0 Å². The van der Waals surface area contributed by atoms with E-state index < -0.39 is 10.0 Å². The fourth-order valence-corrected chi connectivity index (χ4v) is 3.64. The zero-order chi connectivity index (χ0) is 11.8. The molecule has 0 fully saturated rings. The van der Waals surface area contributed by atoms with Gasteiger partial charge in [-0.1, -0.05) is 18.5 Å². The molecule has 0 aliphatic carbocycles. The molecule has 1 aromatic carbocycles. The first kappa shape index (κ1) is 11.7. The van der Waals surface area contributed by atoms with E-state index in [2.05, 4.69) is 5.32 Å². The molecule has 6 heteroatoms. The molecule has 0 aromatic heterocycles. The van der Waals surface area contributed by atoms with Crippen LogP contribution in [0.2, 0.25) is 5.02 Å². The molecule has 0 radical (unpaired) electrons. The van der Waals surface area contributed by atoms with Crippen LogP contribution in [-0.2, 0) is 10.0 Å². The van der Waals surface area contributed by atoms with Gasteiger partial charge in [0.25, 0.3) is 0 Å². The summed E-state index contributed by atoms with van der Waals surface area (Å²) in [5.41, 5.74) is 0.625. The van der Waals surface area contributed by atoms with Crippen LogP contribution < -0.4 is 5.32 Å². The lowest BCUT2D eigenvalue weighted by Gasteiger charge is -2.17. The fraction of sp³-hybridized carbons (Fsp3) is 0.400. The van der Waals surface area contributed by atoms with Crippen molar-refractivity contribution >= 4 is 27.3 Å². The number of nitrogens with one attached hydrogen (secondary N) is 1. The second kappa shape index (κ2) is 4.24. The fourth-order valence-electron chi connectivity index (χ4n) is 1.76. The first-order valence-corrected chi connectivity index (χ1v) is 6.91. The highest BCUT2D eigenvalue weighted by Crippen LogP contribution is 2.29. The van der Waals surface area contributed by atoms with E-state index >= 15 is 0 Å². The summed E-state index contributed by atoms with van der Waals surface area (Å²) in [5.74, 6) is 0. The summed E-state index contributed by atoms with van der Waals surface area (Å²) in [6.07, 6.45) is 0. The number of fused-ring (bicyclic) bond motifs is 1. The van der Waals surface area contributed by atoms with Crippen molar-refractivity contribution in [3.63, 3.8) is 0 Å². The van der Waals surface area contributed by atoms with E-state index in [0.29, 0.717) is 30.3 Å². The Kier molecular flexibility index (Phi) is 3.10. The zero-order valence-corrected chi connectivity index (χ0v) is 10.5. The molecule has 0 saturated carbocycles. The Hall–Kier alpha value is -0.780. The highest BCUT2D eigenvalue weighted by Gasteiger charge is 2.28. The zero-order valence-electron chi connectivity index (χ0n) is 8.90. The van der Waals surface area contributed by atoms with E-state index in [4.69, 9.17) is 11.6 Å². The predicted molar refractivity (Wildman–Crippen MR) is 64.4 cm³/mol. The first-order valence-electron chi connectivity index (χ1n) is 5.09. The molecule has 2 rings (SSSR count). The SMILES string of the molecule is CCN1CCNc2ccc(Cl)cc2S1(=O)=O. The quantitative estimate of drug-likeness (QED) is 0.837. The van der Waals surface area contributed by atoms with E-state index in [1.165, 1.54) is 10.4 Å². The van der Waals surface area contributed by atoms with Gasteiger partial charge in [0.05, 0.1) is 5.69 Å². The molecule has 0 atom stereocenters. The van der Waals surface area contributed by atoms with Crippen molar-refractivity contribution in [1.82, 2.24) is 4.31 Å². The van der Waals surface area contributed by atoms with Gasteiger partial charge in [-0.25, -0.2) is 8.42 Å². The lowest BCUT2D eigenvalue weighted by molar-refractivity contribution is 0.443. The minimum Gasteiger partial charge on any atom is -0.383 e. The minimum atomic E-state index is -3.41. The van der Waals surface area contributed by atoms with Gasteiger partial charge in [-0.15, -0.1) is 0 Å². The third-order valence-electron chi connectivity index (χ3n) is 2.59. The van der Waals surface area contributed by atoms with Crippen LogP contribution in [0.1, 0.15) is 6.92 Å². The summed E-state index contributed by atoms with van der Waals surface area (Å²) in [7, 11) is -3.41. The number of nitrogens with zero attached hydrogens (tertiary/aromatic N) is 1. The molecule has 1 aromatic rings. The predicted octanol–water partition coefficient (Wildman–Crippen LogP) is 1.78. The van der Waals surface area contributed by atoms with Crippen molar-refractivity contribution in [2.24, 2.45) is 0 Å². The van der Waals surface area contributed by atoms with Gasteiger partial charge in [-0.05, 0) is 18.2 Å². The Bertz CT molecular complexity index is 502. The number of benzene rings is 1. The Labute approximate surface area is 100 Å². The second-order valence-corrected chi connectivity index (χ2v) is 5.91. The van der Waals surface area contributed by atoms with Gasteiger partial charge in [-0.2, -0.15) is 4.31 Å². The highest BCUT2D eigenvalue weighted by molar-refractivity contribution is 7.89. The van der Waals surface area contributed by atoms with Crippen LogP contribution in [0.3, 0.4) is 0 Å². The summed E-state index contributed by atoms with van der Waals surface area (Å²) >= 11 is 5.84. The number of halogens is 1. The van der Waals surface area contributed by atoms with Crippen molar-refractivity contribution in [2.45, 2.75) is 11.8 Å². The molecule has 1 aliphatic rings. The Morgan fingerprint density at radius 1 is 1.50 bits per heavy atom. The Balaban J connectivity index is 2.61. The van der Waals surface area contributed by atoms with Gasteiger partial charge in [0, 0.05) is 24.7 Å². The third-order valence-corrected chi connectivity index (χ3v) is 4.84. The van der Waals surface area contributed by atoms with Crippen LogP contribution >= 0.6 is 11.6 Å². The molecule has 16 heavy (non-hydrogen) atoms. The standard InChI is InChI=1S/C10H13ClN2O2S/c1-2-13-6-5-12-9-4-3-8(11)7-10(9)16(13,14)15/h3-4,7,12H,2,5-6H2,1H3. The van der Waals surface area contributed by atoms with Crippen molar-refractivity contribution in [3.8, 4) is 0 Å². The van der Waals surface area contributed by atoms with Crippen molar-refractivity contribution in [3.05, 3.63) is 23.2 Å². The smallest absolute Gasteiger partial charge is 0.245 e. The molecule has 0 bridgehead atoms. The average Bonchev–Trinajstić information content (AvgIpc) is 2.36. The summed E-state index contributed by atoms with van der Waals surface area (Å²) in [6, 6.07) is 4.88. The van der Waals surface area contributed by atoms with Crippen LogP contribution in [-0.4, -0.2) is 32.4 Å². The Morgan fingerprint density at radius 2 is 2.25 bits per heavy atom. The maximum atomic E-state index is 12.2. The molecule has 4 nitrogen and oxygen atoms in total. The van der Waals surface area contributed by atoms with E-state index in [-0.39, 0.29) is 4.90 Å². The minimum absolute atomic E-state index is 0.263. The van der Waals surface area contributed by atoms with Gasteiger partial charge in [0.2, 0.25) is 10.0 Å². The van der Waals surface area contributed by atoms with Gasteiger partial charge < -0.3 is 5.32 Å². The number of rotatable bonds is 1. The molecular weight excluding hydrogens is 248 g/mol. The topological polar surface area (TPSA) is 49.4 Å². The first-order chi connectivity index (χ1) is 7.55. The summed E-state index contributed by atoms with van der Waals surface area (Å²) < 4.78 is 25.9. The number of hydrogen-bond acceptors (Lipinski definition) is 3. The average molecular weight is 261 g/mol. The molecule has 0 spiro atoms. The van der Waals surface area contributed by atoms with Crippen LogP contribution in [0.4, 0.5) is 5.69 Å². The second-order valence-electron chi connectivity index (χ2n) is 3.56. The molecule has 88 valence electrons. The Morgan fingerprint density at radius 3 is 2.94 bits per heavy atom. The molecule has 1 aliphatic heterocycles. The molecule has 1 heterocycles. The van der Waals surface area contributed by atoms with Crippen LogP contribution in [0.15, 0.2) is 23.1 Å². The van der Waals surface area contributed by atoms with Crippen molar-refractivity contribution in [1.29, 1.82) is 0 Å². The number of hydrogen-bond donors (Lipinski definition) is 1. The maximum Gasteiger partial charge on any atom is 0.245 e. The highest BCUT2D eigenvalue weighted by atomic mass is 35.5. The lowest BCUT2D eigenvalue weighted by Crippen LogP contribution is -2.32. The number of anilines is 1.